The Labute approximate surface area is 121 Å². The number of nitro benzene ring substituents is 1. The largest absolute Gasteiger partial charge is 0.398 e. The maximum Gasteiger partial charge on any atom is 0.273 e. The number of nitro groups is 1. The van der Waals surface area contributed by atoms with Crippen LogP contribution >= 0.6 is 11.3 Å². The standard InChI is InChI=1S/C14H17N3O2S/c1-14(2,13-4-3-5-20-13)9-16-11-6-10(15)7-12(8-11)17(18)19/h3-8,16H,9,15H2,1-2H3. The van der Waals surface area contributed by atoms with Crippen LogP contribution in [0.4, 0.5) is 17.1 Å². The maximum absolute atomic E-state index is 10.8. The van der Waals surface area contributed by atoms with Crippen LogP contribution in [-0.4, -0.2) is 11.5 Å². The third kappa shape index (κ3) is 3.27. The Morgan fingerprint density at radius 3 is 2.75 bits per heavy atom. The van der Waals surface area contributed by atoms with Crippen molar-refractivity contribution < 1.29 is 4.92 Å². The number of nitrogen functional groups attached to an aromatic ring is 1. The van der Waals surface area contributed by atoms with Crippen molar-refractivity contribution in [3.63, 3.8) is 0 Å². The third-order valence-electron chi connectivity index (χ3n) is 3.07. The number of nitrogens with zero attached hydrogens (tertiary/aromatic N) is 1. The number of thiophene rings is 1. The van der Waals surface area contributed by atoms with Crippen LogP contribution in [0.2, 0.25) is 0 Å². The monoisotopic (exact) mass is 291 g/mol. The summed E-state index contributed by atoms with van der Waals surface area (Å²) < 4.78 is 0. The summed E-state index contributed by atoms with van der Waals surface area (Å²) in [4.78, 5) is 11.6. The first-order valence-electron chi connectivity index (χ1n) is 6.21. The first kappa shape index (κ1) is 14.3. The molecule has 0 amide bonds. The van der Waals surface area contributed by atoms with E-state index in [0.29, 0.717) is 17.9 Å². The molecule has 0 fully saturated rings. The molecule has 0 aliphatic carbocycles. The van der Waals surface area contributed by atoms with Crippen molar-refractivity contribution in [3.8, 4) is 0 Å². The second-order valence-electron chi connectivity index (χ2n) is 5.29. The molecule has 2 rings (SSSR count). The molecule has 0 atom stereocenters. The predicted molar refractivity (Wildman–Crippen MR) is 83.3 cm³/mol. The van der Waals surface area contributed by atoms with Gasteiger partial charge in [0.1, 0.15) is 0 Å². The van der Waals surface area contributed by atoms with E-state index >= 15 is 0 Å². The molecule has 3 N–H and O–H groups in total. The molecule has 1 aromatic heterocycles. The number of rotatable bonds is 5. The van der Waals surface area contributed by atoms with Gasteiger partial charge in [-0.2, -0.15) is 0 Å². The number of nitrogens with two attached hydrogens (primary N) is 1. The molecule has 106 valence electrons. The molecule has 20 heavy (non-hydrogen) atoms. The molecule has 1 aromatic carbocycles. The first-order chi connectivity index (χ1) is 9.38. The van der Waals surface area contributed by atoms with Crippen molar-refractivity contribution in [2.45, 2.75) is 19.3 Å². The van der Waals surface area contributed by atoms with Gasteiger partial charge in [-0.1, -0.05) is 19.9 Å². The molecule has 6 heteroatoms. The van der Waals surface area contributed by atoms with Crippen molar-refractivity contribution >= 4 is 28.4 Å². The highest BCUT2D eigenvalue weighted by atomic mass is 32.1. The lowest BCUT2D eigenvalue weighted by Gasteiger charge is -2.24. The molecule has 2 aromatic rings. The molecule has 0 saturated carbocycles. The molecule has 5 nitrogen and oxygen atoms in total. The molecule has 0 radical (unpaired) electrons. The van der Waals surface area contributed by atoms with Gasteiger partial charge in [0.2, 0.25) is 0 Å². The van der Waals surface area contributed by atoms with Gasteiger partial charge in [0, 0.05) is 40.3 Å². The normalized spacial score (nSPS) is 11.3. The molecular weight excluding hydrogens is 274 g/mol. The van der Waals surface area contributed by atoms with Crippen molar-refractivity contribution in [3.05, 3.63) is 50.7 Å². The van der Waals surface area contributed by atoms with Crippen LogP contribution in [0, 0.1) is 10.1 Å². The van der Waals surface area contributed by atoms with E-state index in [1.54, 1.807) is 17.4 Å². The molecule has 1 heterocycles. The minimum Gasteiger partial charge on any atom is -0.398 e. The van der Waals surface area contributed by atoms with E-state index in [0.717, 1.165) is 0 Å². The quantitative estimate of drug-likeness (QED) is 0.501. The fraction of sp³-hybridized carbons (Fsp3) is 0.286. The lowest BCUT2D eigenvalue weighted by Crippen LogP contribution is -2.26. The van der Waals surface area contributed by atoms with Gasteiger partial charge in [0.15, 0.2) is 0 Å². The van der Waals surface area contributed by atoms with E-state index in [1.165, 1.54) is 17.0 Å². The molecule has 0 saturated heterocycles. The summed E-state index contributed by atoms with van der Waals surface area (Å²) >= 11 is 1.70. The minimum absolute atomic E-state index is 0.00132. The average molecular weight is 291 g/mol. The van der Waals surface area contributed by atoms with Crippen LogP contribution in [0.1, 0.15) is 18.7 Å². The van der Waals surface area contributed by atoms with Crippen LogP contribution < -0.4 is 11.1 Å². The van der Waals surface area contributed by atoms with Gasteiger partial charge in [0.25, 0.3) is 5.69 Å². The zero-order chi connectivity index (χ0) is 14.8. The highest BCUT2D eigenvalue weighted by molar-refractivity contribution is 7.10. The Bertz CT molecular complexity index is 609. The zero-order valence-corrected chi connectivity index (χ0v) is 12.2. The van der Waals surface area contributed by atoms with Gasteiger partial charge < -0.3 is 11.1 Å². The van der Waals surface area contributed by atoms with Crippen LogP contribution in [0.3, 0.4) is 0 Å². The van der Waals surface area contributed by atoms with Crippen LogP contribution in [-0.2, 0) is 5.41 Å². The Kier molecular flexibility index (Phi) is 3.94. The number of nitrogens with one attached hydrogen (secondary N) is 1. The van der Waals surface area contributed by atoms with Crippen LogP contribution in [0.5, 0.6) is 0 Å². The van der Waals surface area contributed by atoms with E-state index < -0.39 is 4.92 Å². The molecule has 0 unspecified atom stereocenters. The summed E-state index contributed by atoms with van der Waals surface area (Å²) in [6.45, 7) is 4.94. The van der Waals surface area contributed by atoms with Gasteiger partial charge in [-0.3, -0.25) is 10.1 Å². The number of anilines is 2. The lowest BCUT2D eigenvalue weighted by atomic mass is 9.91. The van der Waals surface area contributed by atoms with Gasteiger partial charge in [-0.05, 0) is 17.5 Å². The smallest absolute Gasteiger partial charge is 0.273 e. The number of hydrogen-bond acceptors (Lipinski definition) is 5. The molecule has 0 aliphatic heterocycles. The van der Waals surface area contributed by atoms with Gasteiger partial charge >= 0.3 is 0 Å². The van der Waals surface area contributed by atoms with Crippen molar-refractivity contribution in [2.75, 3.05) is 17.6 Å². The highest BCUT2D eigenvalue weighted by Gasteiger charge is 2.21. The summed E-state index contributed by atoms with van der Waals surface area (Å²) in [5.41, 5.74) is 6.69. The fourth-order valence-corrected chi connectivity index (χ4v) is 2.77. The van der Waals surface area contributed by atoms with Crippen LogP contribution in [0.15, 0.2) is 35.7 Å². The van der Waals surface area contributed by atoms with Crippen LogP contribution in [0.25, 0.3) is 0 Å². The third-order valence-corrected chi connectivity index (χ3v) is 4.31. The second-order valence-corrected chi connectivity index (χ2v) is 6.23. The van der Waals surface area contributed by atoms with E-state index in [-0.39, 0.29) is 11.1 Å². The summed E-state index contributed by atoms with van der Waals surface area (Å²) in [7, 11) is 0. The fourth-order valence-electron chi connectivity index (χ4n) is 1.92. The number of hydrogen-bond donors (Lipinski definition) is 2. The Hall–Kier alpha value is -2.08. The van der Waals surface area contributed by atoms with E-state index in [1.807, 2.05) is 11.4 Å². The van der Waals surface area contributed by atoms with Crippen molar-refractivity contribution in [1.29, 1.82) is 0 Å². The summed E-state index contributed by atoms with van der Waals surface area (Å²) in [5, 5.41) is 16.1. The van der Waals surface area contributed by atoms with Gasteiger partial charge in [0.05, 0.1) is 4.92 Å². The van der Waals surface area contributed by atoms with E-state index in [9.17, 15) is 10.1 Å². The Morgan fingerprint density at radius 1 is 1.40 bits per heavy atom. The summed E-state index contributed by atoms with van der Waals surface area (Å²) in [6.07, 6.45) is 0. The zero-order valence-electron chi connectivity index (χ0n) is 11.4. The highest BCUT2D eigenvalue weighted by Crippen LogP contribution is 2.29. The lowest BCUT2D eigenvalue weighted by molar-refractivity contribution is -0.384. The molecule has 0 bridgehead atoms. The maximum atomic E-state index is 10.8. The summed E-state index contributed by atoms with van der Waals surface area (Å²) in [5.74, 6) is 0. The molecule has 0 spiro atoms. The predicted octanol–water partition coefficient (Wildman–Crippen LogP) is 3.63. The summed E-state index contributed by atoms with van der Waals surface area (Å²) in [6, 6.07) is 8.68. The second kappa shape index (κ2) is 5.50. The molecule has 0 aliphatic rings. The topological polar surface area (TPSA) is 81.2 Å². The SMILES string of the molecule is CC(C)(CNc1cc(N)cc([N+](=O)[O-])c1)c1cccs1. The minimum atomic E-state index is -0.439. The van der Waals surface area contributed by atoms with Gasteiger partial charge in [-0.15, -0.1) is 11.3 Å². The van der Waals surface area contributed by atoms with Gasteiger partial charge in [-0.25, -0.2) is 0 Å². The van der Waals surface area contributed by atoms with Crippen molar-refractivity contribution in [1.82, 2.24) is 0 Å². The number of non-ortho nitro benzene ring substituents is 1. The number of benzene rings is 1. The van der Waals surface area contributed by atoms with E-state index in [4.69, 9.17) is 5.73 Å². The van der Waals surface area contributed by atoms with Crippen molar-refractivity contribution in [2.24, 2.45) is 0 Å². The Balaban J connectivity index is 2.13. The van der Waals surface area contributed by atoms with E-state index in [2.05, 4.69) is 25.2 Å². The molecular formula is C14H17N3O2S. The Morgan fingerprint density at radius 2 is 2.15 bits per heavy atom. The first-order valence-corrected chi connectivity index (χ1v) is 7.09. The average Bonchev–Trinajstić information content (AvgIpc) is 2.90.